The first-order chi connectivity index (χ1) is 12.9. The summed E-state index contributed by atoms with van der Waals surface area (Å²) in [4.78, 5) is 28.3. The second-order valence-corrected chi connectivity index (χ2v) is 7.30. The van der Waals surface area contributed by atoms with E-state index in [2.05, 4.69) is 6.07 Å². The molecule has 142 valence electrons. The van der Waals surface area contributed by atoms with Gasteiger partial charge in [0.2, 0.25) is 5.91 Å². The molecular weight excluding hydrogens is 340 g/mol. The second kappa shape index (κ2) is 7.92. The van der Waals surface area contributed by atoms with E-state index < -0.39 is 12.0 Å². The Labute approximate surface area is 160 Å². The molecule has 0 saturated carbocycles. The highest BCUT2D eigenvalue weighted by molar-refractivity contribution is 5.82. The predicted octanol–water partition coefficient (Wildman–Crippen LogP) is 3.08. The van der Waals surface area contributed by atoms with Crippen molar-refractivity contribution in [1.29, 1.82) is 0 Å². The molecule has 1 N–H and O–H groups in total. The van der Waals surface area contributed by atoms with Crippen molar-refractivity contribution >= 4 is 11.9 Å². The molecule has 0 spiro atoms. The summed E-state index contributed by atoms with van der Waals surface area (Å²) < 4.78 is 0. The van der Waals surface area contributed by atoms with Crippen molar-refractivity contribution in [3.8, 4) is 0 Å². The van der Waals surface area contributed by atoms with Gasteiger partial charge in [0.1, 0.15) is 6.04 Å². The molecule has 0 bridgehead atoms. The lowest BCUT2D eigenvalue weighted by Gasteiger charge is -2.38. The molecule has 1 aliphatic heterocycles. The minimum absolute atomic E-state index is 0.0284. The monoisotopic (exact) mass is 366 g/mol. The van der Waals surface area contributed by atoms with E-state index in [1.165, 1.54) is 5.56 Å². The van der Waals surface area contributed by atoms with Gasteiger partial charge in [0.05, 0.1) is 6.54 Å². The van der Waals surface area contributed by atoms with Crippen LogP contribution >= 0.6 is 0 Å². The predicted molar refractivity (Wildman–Crippen MR) is 104 cm³/mol. The maximum atomic E-state index is 12.7. The van der Waals surface area contributed by atoms with Crippen LogP contribution in [0.25, 0.3) is 0 Å². The molecule has 0 aromatic heterocycles. The zero-order valence-corrected chi connectivity index (χ0v) is 16.1. The highest BCUT2D eigenvalue weighted by Crippen LogP contribution is 2.27. The van der Waals surface area contributed by atoms with Gasteiger partial charge in [-0.1, -0.05) is 48.0 Å². The first kappa shape index (κ1) is 19.1. The van der Waals surface area contributed by atoms with E-state index in [1.54, 1.807) is 4.90 Å². The number of amides is 1. The van der Waals surface area contributed by atoms with E-state index in [9.17, 15) is 14.7 Å². The lowest BCUT2D eigenvalue weighted by molar-refractivity contribution is -0.148. The Balaban J connectivity index is 1.76. The number of hydrogen-bond donors (Lipinski definition) is 1. The molecule has 2 aromatic rings. The number of carboxylic acids is 1. The van der Waals surface area contributed by atoms with Crippen molar-refractivity contribution in [2.24, 2.45) is 0 Å². The summed E-state index contributed by atoms with van der Waals surface area (Å²) in [5.74, 6) is -0.942. The Bertz CT molecular complexity index is 862. The summed E-state index contributed by atoms with van der Waals surface area (Å²) in [7, 11) is 0. The SMILES string of the molecule is Cc1cccc(CN2CCN([C@H](C(=O)O)c3cccc(C)c3C)CC2=O)c1. The highest BCUT2D eigenvalue weighted by Gasteiger charge is 2.34. The molecule has 3 rings (SSSR count). The molecule has 2 aromatic carbocycles. The van der Waals surface area contributed by atoms with Gasteiger partial charge in [-0.15, -0.1) is 0 Å². The Morgan fingerprint density at radius 2 is 1.85 bits per heavy atom. The summed E-state index contributed by atoms with van der Waals surface area (Å²) in [6.45, 7) is 7.71. The summed E-state index contributed by atoms with van der Waals surface area (Å²) in [6, 6.07) is 13.0. The Kier molecular flexibility index (Phi) is 5.61. The molecule has 27 heavy (non-hydrogen) atoms. The number of piperazine rings is 1. The van der Waals surface area contributed by atoms with Crippen LogP contribution in [0.5, 0.6) is 0 Å². The van der Waals surface area contributed by atoms with E-state index in [0.29, 0.717) is 19.6 Å². The van der Waals surface area contributed by atoms with Gasteiger partial charge in [0.25, 0.3) is 0 Å². The van der Waals surface area contributed by atoms with Crippen LogP contribution in [-0.4, -0.2) is 46.4 Å². The van der Waals surface area contributed by atoms with Crippen molar-refractivity contribution < 1.29 is 14.7 Å². The topological polar surface area (TPSA) is 60.9 Å². The smallest absolute Gasteiger partial charge is 0.325 e. The van der Waals surface area contributed by atoms with Crippen LogP contribution in [0, 0.1) is 20.8 Å². The van der Waals surface area contributed by atoms with E-state index in [0.717, 1.165) is 22.3 Å². The Morgan fingerprint density at radius 1 is 1.11 bits per heavy atom. The van der Waals surface area contributed by atoms with Crippen LogP contribution in [0.4, 0.5) is 0 Å². The minimum atomic E-state index is -0.913. The van der Waals surface area contributed by atoms with Crippen LogP contribution in [0.3, 0.4) is 0 Å². The molecule has 0 aliphatic carbocycles. The largest absolute Gasteiger partial charge is 0.480 e. The molecule has 0 radical (unpaired) electrons. The third-order valence-electron chi connectivity index (χ3n) is 5.34. The normalized spacial score (nSPS) is 16.4. The molecule has 1 aliphatic rings. The first-order valence-electron chi connectivity index (χ1n) is 9.23. The van der Waals surface area contributed by atoms with Gasteiger partial charge in [-0.3, -0.25) is 14.5 Å². The quantitative estimate of drug-likeness (QED) is 0.883. The van der Waals surface area contributed by atoms with Crippen molar-refractivity contribution in [1.82, 2.24) is 9.80 Å². The number of rotatable bonds is 5. The highest BCUT2D eigenvalue weighted by atomic mass is 16.4. The first-order valence-corrected chi connectivity index (χ1v) is 9.23. The average molecular weight is 366 g/mol. The maximum Gasteiger partial charge on any atom is 0.325 e. The van der Waals surface area contributed by atoms with Crippen molar-refractivity contribution in [3.63, 3.8) is 0 Å². The molecule has 5 heteroatoms. The van der Waals surface area contributed by atoms with Crippen LogP contribution in [-0.2, 0) is 16.1 Å². The number of aryl methyl sites for hydroxylation is 2. The number of carbonyl (C=O) groups is 2. The van der Waals surface area contributed by atoms with Gasteiger partial charge in [0, 0.05) is 19.6 Å². The summed E-state index contributed by atoms with van der Waals surface area (Å²) in [6.07, 6.45) is 0. The summed E-state index contributed by atoms with van der Waals surface area (Å²) in [5.41, 5.74) is 5.06. The average Bonchev–Trinajstić information content (AvgIpc) is 2.61. The summed E-state index contributed by atoms with van der Waals surface area (Å²) >= 11 is 0. The van der Waals surface area contributed by atoms with E-state index in [4.69, 9.17) is 0 Å². The molecule has 5 nitrogen and oxygen atoms in total. The zero-order chi connectivity index (χ0) is 19.6. The second-order valence-electron chi connectivity index (χ2n) is 7.30. The van der Waals surface area contributed by atoms with Crippen LogP contribution in [0.2, 0.25) is 0 Å². The fourth-order valence-corrected chi connectivity index (χ4v) is 3.70. The Hall–Kier alpha value is -2.66. The number of carboxylic acid groups (broad SMARTS) is 1. The third-order valence-corrected chi connectivity index (χ3v) is 5.34. The molecule has 1 fully saturated rings. The molecular formula is C22H26N2O3. The Morgan fingerprint density at radius 3 is 2.52 bits per heavy atom. The molecule has 1 saturated heterocycles. The summed E-state index contributed by atoms with van der Waals surface area (Å²) in [5, 5.41) is 9.85. The standard InChI is InChI=1S/C22H26N2O3/c1-15-6-4-8-18(12-15)13-23-10-11-24(14-20(23)25)21(22(26)27)19-9-5-7-16(2)17(19)3/h4-9,12,21H,10-11,13-14H2,1-3H3,(H,26,27)/t21-/m0/s1. The lowest BCUT2D eigenvalue weighted by Crippen LogP contribution is -2.52. The van der Waals surface area contributed by atoms with Gasteiger partial charge in [-0.2, -0.15) is 0 Å². The van der Waals surface area contributed by atoms with Crippen molar-refractivity contribution in [3.05, 3.63) is 70.3 Å². The van der Waals surface area contributed by atoms with Gasteiger partial charge in [-0.05, 0) is 43.0 Å². The molecule has 1 amide bonds. The number of benzene rings is 2. The number of carbonyl (C=O) groups excluding carboxylic acids is 1. The van der Waals surface area contributed by atoms with Gasteiger partial charge in [0.15, 0.2) is 0 Å². The zero-order valence-electron chi connectivity index (χ0n) is 16.1. The fraction of sp³-hybridized carbons (Fsp3) is 0.364. The molecule has 0 unspecified atom stereocenters. The lowest BCUT2D eigenvalue weighted by atomic mass is 9.96. The fourth-order valence-electron chi connectivity index (χ4n) is 3.70. The number of hydrogen-bond acceptors (Lipinski definition) is 3. The van der Waals surface area contributed by atoms with Crippen molar-refractivity contribution in [2.45, 2.75) is 33.4 Å². The van der Waals surface area contributed by atoms with Crippen LogP contribution in [0.1, 0.15) is 33.9 Å². The van der Waals surface area contributed by atoms with E-state index in [1.807, 2.05) is 62.1 Å². The third kappa shape index (κ3) is 4.19. The van der Waals surface area contributed by atoms with Crippen LogP contribution < -0.4 is 0 Å². The minimum Gasteiger partial charge on any atom is -0.480 e. The van der Waals surface area contributed by atoms with Gasteiger partial charge in [-0.25, -0.2) is 0 Å². The number of aliphatic carboxylic acids is 1. The van der Waals surface area contributed by atoms with Crippen LogP contribution in [0.15, 0.2) is 42.5 Å². The van der Waals surface area contributed by atoms with E-state index >= 15 is 0 Å². The van der Waals surface area contributed by atoms with E-state index in [-0.39, 0.29) is 12.5 Å². The van der Waals surface area contributed by atoms with Gasteiger partial charge < -0.3 is 10.0 Å². The molecule has 1 atom stereocenters. The molecule has 1 heterocycles. The maximum absolute atomic E-state index is 12.7. The number of nitrogens with zero attached hydrogens (tertiary/aromatic N) is 2. The van der Waals surface area contributed by atoms with Crippen molar-refractivity contribution in [2.75, 3.05) is 19.6 Å². The van der Waals surface area contributed by atoms with Gasteiger partial charge >= 0.3 is 5.97 Å².